The molecule has 0 amide bonds. The van der Waals surface area contributed by atoms with Crippen LogP contribution in [0.4, 0.5) is 0 Å². The number of aryl methyl sites for hydroxylation is 1. The summed E-state index contributed by atoms with van der Waals surface area (Å²) in [6.45, 7) is 7.58. The fraction of sp³-hybridized carbons (Fsp3) is 0.462. The zero-order chi connectivity index (χ0) is 11.4. The van der Waals surface area contributed by atoms with Crippen LogP contribution in [0, 0.1) is 6.92 Å². The molecule has 0 spiro atoms. The molecule has 0 radical (unpaired) electrons. The van der Waals surface area contributed by atoms with Crippen molar-refractivity contribution in [3.63, 3.8) is 0 Å². The summed E-state index contributed by atoms with van der Waals surface area (Å²) in [5, 5.41) is 3.40. The summed E-state index contributed by atoms with van der Waals surface area (Å²) < 4.78 is 5.71. The molecule has 0 unspecified atom stereocenters. The van der Waals surface area contributed by atoms with E-state index in [0.29, 0.717) is 6.04 Å². The largest absolute Gasteiger partial charge is 0.490 e. The van der Waals surface area contributed by atoms with Crippen LogP contribution in [-0.2, 0) is 0 Å². The van der Waals surface area contributed by atoms with Crippen molar-refractivity contribution in [2.75, 3.05) is 13.2 Å². The van der Waals surface area contributed by atoms with Crippen molar-refractivity contribution in [1.29, 1.82) is 0 Å². The molecule has 1 atom stereocenters. The minimum Gasteiger partial charge on any atom is -0.490 e. The normalized spacial score (nSPS) is 18.5. The summed E-state index contributed by atoms with van der Waals surface area (Å²) >= 11 is 0. The number of nitrogens with one attached hydrogen (secondary N) is 1. The maximum atomic E-state index is 5.71. The monoisotopic (exact) mass is 254 g/mol. The molecule has 4 heteroatoms. The van der Waals surface area contributed by atoms with Crippen LogP contribution in [0.2, 0.25) is 0 Å². The third-order valence-electron chi connectivity index (χ3n) is 2.90. The van der Waals surface area contributed by atoms with Crippen LogP contribution in [0.1, 0.15) is 24.1 Å². The summed E-state index contributed by atoms with van der Waals surface area (Å²) in [7, 11) is 0. The van der Waals surface area contributed by atoms with E-state index < -0.39 is 0 Å². The van der Waals surface area contributed by atoms with Crippen molar-refractivity contribution >= 4 is 18.5 Å². The van der Waals surface area contributed by atoms with Gasteiger partial charge in [-0.1, -0.05) is 6.58 Å². The zero-order valence-electron chi connectivity index (χ0n) is 10.1. The highest BCUT2D eigenvalue weighted by Crippen LogP contribution is 2.16. The lowest BCUT2D eigenvalue weighted by Crippen LogP contribution is -2.28. The molecule has 1 fully saturated rings. The second-order valence-corrected chi connectivity index (χ2v) is 4.18. The van der Waals surface area contributed by atoms with Gasteiger partial charge in [0.05, 0.1) is 11.9 Å². The van der Waals surface area contributed by atoms with Crippen molar-refractivity contribution < 1.29 is 4.74 Å². The lowest BCUT2D eigenvalue weighted by molar-refractivity contribution is 0.276. The number of rotatable bonds is 4. The number of nitrogens with zero attached hydrogens (tertiary/aromatic N) is 1. The molecule has 0 bridgehead atoms. The van der Waals surface area contributed by atoms with E-state index in [9.17, 15) is 0 Å². The second kappa shape index (κ2) is 6.62. The predicted molar refractivity (Wildman–Crippen MR) is 72.8 cm³/mol. The number of hydrogen-bond acceptors (Lipinski definition) is 3. The van der Waals surface area contributed by atoms with Crippen LogP contribution in [0.5, 0.6) is 5.75 Å². The first-order valence-electron chi connectivity index (χ1n) is 5.75. The summed E-state index contributed by atoms with van der Waals surface area (Å²) in [5.74, 6) is 0.844. The van der Waals surface area contributed by atoms with E-state index in [1.54, 1.807) is 12.3 Å². The third kappa shape index (κ3) is 3.72. The van der Waals surface area contributed by atoms with Gasteiger partial charge in [-0.3, -0.25) is 4.98 Å². The molecule has 1 aliphatic rings. The molecule has 0 saturated carbocycles. The van der Waals surface area contributed by atoms with E-state index in [1.807, 2.05) is 13.0 Å². The predicted octanol–water partition coefficient (Wildman–Crippen LogP) is 2.59. The molecular weight excluding hydrogens is 236 g/mol. The smallest absolute Gasteiger partial charge is 0.137 e. The summed E-state index contributed by atoms with van der Waals surface area (Å²) in [4.78, 5) is 4.28. The molecule has 1 saturated heterocycles. The van der Waals surface area contributed by atoms with Gasteiger partial charge in [0, 0.05) is 6.04 Å². The van der Waals surface area contributed by atoms with Crippen molar-refractivity contribution in [2.45, 2.75) is 25.8 Å². The van der Waals surface area contributed by atoms with Crippen molar-refractivity contribution in [1.82, 2.24) is 10.3 Å². The van der Waals surface area contributed by atoms with Gasteiger partial charge in [0.25, 0.3) is 0 Å². The molecule has 2 rings (SSSR count). The number of ether oxygens (including phenoxy) is 1. The van der Waals surface area contributed by atoms with Gasteiger partial charge in [-0.2, -0.15) is 0 Å². The molecule has 0 aliphatic carbocycles. The molecule has 3 nitrogen and oxygen atoms in total. The molecule has 1 N–H and O–H groups in total. The Balaban J connectivity index is 0.00000144. The van der Waals surface area contributed by atoms with Gasteiger partial charge in [-0.05, 0) is 44.0 Å². The Kier molecular flexibility index (Phi) is 5.45. The molecule has 1 aromatic rings. The topological polar surface area (TPSA) is 34.1 Å². The SMILES string of the molecule is C=Cc1ncc(OC[C@@H]2CCCN2)cc1C.Cl. The molecule has 17 heavy (non-hydrogen) atoms. The Morgan fingerprint density at radius 3 is 3.06 bits per heavy atom. The van der Waals surface area contributed by atoms with Gasteiger partial charge < -0.3 is 10.1 Å². The average Bonchev–Trinajstić information content (AvgIpc) is 2.79. The first-order chi connectivity index (χ1) is 7.79. The van der Waals surface area contributed by atoms with Crippen LogP contribution in [0.25, 0.3) is 6.08 Å². The highest BCUT2D eigenvalue weighted by molar-refractivity contribution is 5.85. The van der Waals surface area contributed by atoms with E-state index in [1.165, 1.54) is 12.8 Å². The van der Waals surface area contributed by atoms with Gasteiger partial charge in [-0.25, -0.2) is 0 Å². The fourth-order valence-electron chi connectivity index (χ4n) is 1.95. The molecule has 2 heterocycles. The highest BCUT2D eigenvalue weighted by atomic mass is 35.5. The quantitative estimate of drug-likeness (QED) is 0.897. The standard InChI is InChI=1S/C13H18N2O.ClH/c1-3-13-10(2)7-12(8-15-13)16-9-11-5-4-6-14-11;/h3,7-8,11,14H,1,4-6,9H2,2H3;1H/t11-;/m0./s1. The van der Waals surface area contributed by atoms with Gasteiger partial charge in [-0.15, -0.1) is 12.4 Å². The van der Waals surface area contributed by atoms with Gasteiger partial charge in [0.2, 0.25) is 0 Å². The second-order valence-electron chi connectivity index (χ2n) is 4.18. The zero-order valence-corrected chi connectivity index (χ0v) is 10.9. The minimum atomic E-state index is 0. The Labute approximate surface area is 109 Å². The lowest BCUT2D eigenvalue weighted by Gasteiger charge is -2.12. The summed E-state index contributed by atoms with van der Waals surface area (Å²) in [5.41, 5.74) is 2.03. The lowest BCUT2D eigenvalue weighted by atomic mass is 10.2. The van der Waals surface area contributed by atoms with Gasteiger partial charge >= 0.3 is 0 Å². The first kappa shape index (κ1) is 14.0. The van der Waals surface area contributed by atoms with Crippen molar-refractivity contribution in [3.8, 4) is 5.75 Å². The number of aromatic nitrogens is 1. The average molecular weight is 255 g/mol. The Bertz CT molecular complexity index is 376. The van der Waals surface area contributed by atoms with Crippen molar-refractivity contribution in [2.24, 2.45) is 0 Å². The fourth-order valence-corrected chi connectivity index (χ4v) is 1.95. The van der Waals surface area contributed by atoms with Crippen LogP contribution < -0.4 is 10.1 Å². The highest BCUT2D eigenvalue weighted by Gasteiger charge is 2.14. The summed E-state index contributed by atoms with van der Waals surface area (Å²) in [6, 6.07) is 2.51. The number of pyridine rings is 1. The van der Waals surface area contributed by atoms with E-state index in [2.05, 4.69) is 16.9 Å². The van der Waals surface area contributed by atoms with Crippen molar-refractivity contribution in [3.05, 3.63) is 30.1 Å². The van der Waals surface area contributed by atoms with E-state index in [0.717, 1.165) is 30.2 Å². The maximum Gasteiger partial charge on any atom is 0.137 e. The Hall–Kier alpha value is -1.06. The Morgan fingerprint density at radius 1 is 1.65 bits per heavy atom. The van der Waals surface area contributed by atoms with E-state index in [4.69, 9.17) is 4.74 Å². The van der Waals surface area contributed by atoms with Crippen LogP contribution in [-0.4, -0.2) is 24.2 Å². The molecular formula is C13H19ClN2O. The Morgan fingerprint density at radius 2 is 2.47 bits per heavy atom. The minimum absolute atomic E-state index is 0. The van der Waals surface area contributed by atoms with E-state index >= 15 is 0 Å². The molecule has 1 aliphatic heterocycles. The molecule has 1 aromatic heterocycles. The molecule has 0 aromatic carbocycles. The third-order valence-corrected chi connectivity index (χ3v) is 2.90. The van der Waals surface area contributed by atoms with Crippen LogP contribution >= 0.6 is 12.4 Å². The number of hydrogen-bond donors (Lipinski definition) is 1. The van der Waals surface area contributed by atoms with E-state index in [-0.39, 0.29) is 12.4 Å². The number of halogens is 1. The van der Waals surface area contributed by atoms with Crippen LogP contribution in [0.3, 0.4) is 0 Å². The maximum absolute atomic E-state index is 5.71. The van der Waals surface area contributed by atoms with Gasteiger partial charge in [0.15, 0.2) is 0 Å². The first-order valence-corrected chi connectivity index (χ1v) is 5.75. The summed E-state index contributed by atoms with van der Waals surface area (Å²) in [6.07, 6.45) is 5.98. The van der Waals surface area contributed by atoms with Crippen LogP contribution in [0.15, 0.2) is 18.8 Å². The molecule has 94 valence electrons. The van der Waals surface area contributed by atoms with Gasteiger partial charge in [0.1, 0.15) is 12.4 Å².